The van der Waals surface area contributed by atoms with Crippen LogP contribution in [0.1, 0.15) is 11.1 Å². The number of aryl methyl sites for hydroxylation is 1. The highest BCUT2D eigenvalue weighted by Gasteiger charge is 2.48. The highest BCUT2D eigenvalue weighted by Crippen LogP contribution is 2.32. The van der Waals surface area contributed by atoms with E-state index in [1.807, 2.05) is 0 Å². The van der Waals surface area contributed by atoms with E-state index in [1.165, 1.54) is 24.3 Å². The Morgan fingerprint density at radius 2 is 1.22 bits per heavy atom. The standard InChI is InChI=1S/C21H17F6N3O4S2/c1-13-9-17(12-18(10-13)29-16-4-2-3-14(11-16)20(22,23)24)28-15-5-7-19(8-6-15)35(31,32)30-36(33,34)21(25,26)27/h2-12,28-30H,1H3. The van der Waals surface area contributed by atoms with Crippen molar-refractivity contribution in [1.29, 1.82) is 0 Å². The van der Waals surface area contributed by atoms with Gasteiger partial charge in [0.1, 0.15) is 0 Å². The molecule has 0 unspecified atom stereocenters. The van der Waals surface area contributed by atoms with Gasteiger partial charge >= 0.3 is 21.7 Å². The molecular formula is C21H17F6N3O4S2. The van der Waals surface area contributed by atoms with Crippen LogP contribution < -0.4 is 14.8 Å². The van der Waals surface area contributed by atoms with Gasteiger partial charge in [0, 0.05) is 22.7 Å². The number of rotatable bonds is 7. The van der Waals surface area contributed by atoms with Crippen molar-refractivity contribution in [2.45, 2.75) is 23.5 Å². The molecule has 0 atom stereocenters. The lowest BCUT2D eigenvalue weighted by molar-refractivity contribution is -0.137. The van der Waals surface area contributed by atoms with Crippen molar-refractivity contribution in [3.05, 3.63) is 77.9 Å². The van der Waals surface area contributed by atoms with Gasteiger partial charge in [-0.1, -0.05) is 10.2 Å². The molecule has 0 fully saturated rings. The second kappa shape index (κ2) is 9.63. The molecule has 3 rings (SSSR count). The second-order valence-electron chi connectivity index (χ2n) is 7.48. The summed E-state index contributed by atoms with van der Waals surface area (Å²) in [7, 11) is -11.2. The van der Waals surface area contributed by atoms with Crippen LogP contribution in [0.3, 0.4) is 0 Å². The number of nitrogens with one attached hydrogen (secondary N) is 3. The van der Waals surface area contributed by atoms with E-state index in [0.29, 0.717) is 21.2 Å². The molecule has 0 aliphatic carbocycles. The topological polar surface area (TPSA) is 104 Å². The maximum Gasteiger partial charge on any atom is 0.512 e. The molecule has 0 spiro atoms. The third kappa shape index (κ3) is 6.67. The van der Waals surface area contributed by atoms with Crippen molar-refractivity contribution < 1.29 is 43.2 Å². The molecule has 3 aromatic carbocycles. The zero-order chi connectivity index (χ0) is 26.9. The predicted octanol–water partition coefficient (Wildman–Crippen LogP) is 5.63. The lowest BCUT2D eigenvalue weighted by atomic mass is 10.1. The Morgan fingerprint density at radius 3 is 1.75 bits per heavy atom. The van der Waals surface area contributed by atoms with Crippen molar-refractivity contribution in [3.63, 3.8) is 0 Å². The van der Waals surface area contributed by atoms with Crippen LogP contribution in [0.15, 0.2) is 71.6 Å². The van der Waals surface area contributed by atoms with E-state index >= 15 is 0 Å². The van der Waals surface area contributed by atoms with Crippen LogP contribution in [-0.2, 0) is 26.2 Å². The van der Waals surface area contributed by atoms with Gasteiger partial charge in [-0.25, -0.2) is 16.8 Å². The number of hydrogen-bond donors (Lipinski definition) is 3. The second-order valence-corrected chi connectivity index (χ2v) is 11.1. The SMILES string of the molecule is Cc1cc(Nc2ccc(S(=O)(=O)NS(=O)(=O)C(F)(F)F)cc2)cc(Nc2cccc(C(F)(F)F)c2)c1. The molecule has 7 nitrogen and oxygen atoms in total. The van der Waals surface area contributed by atoms with Gasteiger partial charge in [0.05, 0.1) is 10.5 Å². The quantitative estimate of drug-likeness (QED) is 0.328. The van der Waals surface area contributed by atoms with Crippen molar-refractivity contribution in [1.82, 2.24) is 4.13 Å². The highest BCUT2D eigenvalue weighted by molar-refractivity contribution is 8.05. The van der Waals surface area contributed by atoms with E-state index < -0.39 is 42.2 Å². The van der Waals surface area contributed by atoms with Gasteiger partial charge in [0.2, 0.25) is 0 Å². The number of benzene rings is 3. The lowest BCUT2D eigenvalue weighted by Crippen LogP contribution is -2.40. The Bertz CT molecular complexity index is 1470. The van der Waals surface area contributed by atoms with Crippen LogP contribution in [0.4, 0.5) is 49.1 Å². The molecule has 0 aromatic heterocycles. The number of alkyl halides is 6. The van der Waals surface area contributed by atoms with E-state index in [-0.39, 0.29) is 5.69 Å². The third-order valence-electron chi connectivity index (χ3n) is 4.53. The van der Waals surface area contributed by atoms with E-state index in [1.54, 1.807) is 25.1 Å². The minimum atomic E-state index is -6.13. The molecule has 0 saturated heterocycles. The number of halogens is 6. The van der Waals surface area contributed by atoms with Crippen LogP contribution in [0.5, 0.6) is 0 Å². The summed E-state index contributed by atoms with van der Waals surface area (Å²) in [5.74, 6) is 0. The molecule has 3 N–H and O–H groups in total. The van der Waals surface area contributed by atoms with Gasteiger partial charge in [0.15, 0.2) is 0 Å². The van der Waals surface area contributed by atoms with Gasteiger partial charge in [-0.2, -0.15) is 26.3 Å². The van der Waals surface area contributed by atoms with Gasteiger partial charge in [0.25, 0.3) is 10.0 Å². The van der Waals surface area contributed by atoms with Gasteiger partial charge < -0.3 is 10.6 Å². The summed E-state index contributed by atoms with van der Waals surface area (Å²) >= 11 is 0. The smallest absolute Gasteiger partial charge is 0.355 e. The van der Waals surface area contributed by atoms with E-state index in [2.05, 4.69) is 10.6 Å². The molecule has 36 heavy (non-hydrogen) atoms. The summed E-state index contributed by atoms with van der Waals surface area (Å²) in [4.78, 5) is -0.725. The number of hydrogen-bond acceptors (Lipinski definition) is 6. The summed E-state index contributed by atoms with van der Waals surface area (Å²) < 4.78 is 123. The minimum absolute atomic E-state index is 0.192. The predicted molar refractivity (Wildman–Crippen MR) is 121 cm³/mol. The fourth-order valence-corrected chi connectivity index (χ4v) is 5.40. The van der Waals surface area contributed by atoms with Crippen LogP contribution in [-0.4, -0.2) is 22.3 Å². The Balaban J connectivity index is 1.78. The fraction of sp³-hybridized carbons (Fsp3) is 0.143. The highest BCUT2D eigenvalue weighted by atomic mass is 32.3. The third-order valence-corrected chi connectivity index (χ3v) is 7.79. The summed E-state index contributed by atoms with van der Waals surface area (Å²) in [5.41, 5.74) is -4.54. The van der Waals surface area contributed by atoms with Crippen molar-refractivity contribution >= 4 is 42.8 Å². The summed E-state index contributed by atoms with van der Waals surface area (Å²) in [5, 5.41) is 5.79. The largest absolute Gasteiger partial charge is 0.512 e. The molecule has 0 aliphatic rings. The molecule has 0 heterocycles. The molecule has 3 aromatic rings. The molecule has 0 saturated carbocycles. The first-order chi connectivity index (χ1) is 16.5. The average Bonchev–Trinajstić information content (AvgIpc) is 2.72. The Labute approximate surface area is 202 Å². The molecule has 0 radical (unpaired) electrons. The average molecular weight is 554 g/mol. The van der Waals surface area contributed by atoms with Crippen LogP contribution in [0.25, 0.3) is 0 Å². The molecule has 0 aliphatic heterocycles. The zero-order valence-corrected chi connectivity index (χ0v) is 19.7. The Kier molecular flexibility index (Phi) is 7.30. The number of sulfonamides is 2. The maximum atomic E-state index is 13.0. The molecule has 0 bridgehead atoms. The van der Waals surface area contributed by atoms with Crippen molar-refractivity contribution in [3.8, 4) is 0 Å². The Morgan fingerprint density at radius 1 is 0.667 bits per heavy atom. The Hall–Kier alpha value is -3.30. The van der Waals surface area contributed by atoms with Crippen LogP contribution in [0.2, 0.25) is 0 Å². The van der Waals surface area contributed by atoms with Gasteiger partial charge in [-0.3, -0.25) is 0 Å². The number of anilines is 4. The normalized spacial score (nSPS) is 12.9. The van der Waals surface area contributed by atoms with E-state index in [9.17, 15) is 43.2 Å². The van der Waals surface area contributed by atoms with Crippen LogP contribution >= 0.6 is 0 Å². The first-order valence-electron chi connectivity index (χ1n) is 9.74. The molecule has 15 heteroatoms. The van der Waals surface area contributed by atoms with Crippen molar-refractivity contribution in [2.24, 2.45) is 0 Å². The van der Waals surface area contributed by atoms with Gasteiger partial charge in [-0.15, -0.1) is 0 Å². The van der Waals surface area contributed by atoms with Gasteiger partial charge in [-0.05, 0) is 73.2 Å². The summed E-state index contributed by atoms with van der Waals surface area (Å²) in [6.07, 6.45) is -4.51. The fourth-order valence-electron chi connectivity index (χ4n) is 2.99. The monoisotopic (exact) mass is 553 g/mol. The van der Waals surface area contributed by atoms with E-state index in [4.69, 9.17) is 0 Å². The summed E-state index contributed by atoms with van der Waals surface area (Å²) in [6.45, 7) is 1.73. The first kappa shape index (κ1) is 27.3. The first-order valence-corrected chi connectivity index (χ1v) is 12.7. The van der Waals surface area contributed by atoms with E-state index in [0.717, 1.165) is 29.8 Å². The molecular weight excluding hydrogens is 536 g/mol. The zero-order valence-electron chi connectivity index (χ0n) is 18.1. The summed E-state index contributed by atoms with van der Waals surface area (Å²) in [6, 6.07) is 13.7. The van der Waals surface area contributed by atoms with Crippen LogP contribution in [0, 0.1) is 6.92 Å². The molecule has 194 valence electrons. The minimum Gasteiger partial charge on any atom is -0.355 e. The maximum absolute atomic E-state index is 13.0. The molecule has 0 amide bonds. The van der Waals surface area contributed by atoms with Crippen molar-refractivity contribution in [2.75, 3.05) is 10.6 Å². The lowest BCUT2D eigenvalue weighted by Gasteiger charge is -2.14.